The fourth-order valence-electron chi connectivity index (χ4n) is 2.99. The van der Waals surface area contributed by atoms with Crippen molar-refractivity contribution in [2.45, 2.75) is 39.0 Å². The minimum absolute atomic E-state index is 0.0444. The lowest BCUT2D eigenvalue weighted by Crippen LogP contribution is -2.29. The van der Waals surface area contributed by atoms with Gasteiger partial charge in [-0.2, -0.15) is 0 Å². The van der Waals surface area contributed by atoms with Gasteiger partial charge in [0.25, 0.3) is 0 Å². The summed E-state index contributed by atoms with van der Waals surface area (Å²) >= 11 is 0. The highest BCUT2D eigenvalue weighted by Crippen LogP contribution is 2.37. The van der Waals surface area contributed by atoms with Crippen molar-refractivity contribution in [2.24, 2.45) is 11.8 Å². The van der Waals surface area contributed by atoms with Crippen LogP contribution in [0.3, 0.4) is 0 Å². The first-order valence-corrected chi connectivity index (χ1v) is 7.83. The van der Waals surface area contributed by atoms with E-state index in [1.807, 2.05) is 6.07 Å². The summed E-state index contributed by atoms with van der Waals surface area (Å²) in [5.74, 6) is 0.722. The zero-order valence-electron chi connectivity index (χ0n) is 12.4. The Labute approximate surface area is 125 Å². The Balaban J connectivity index is 1.43. The van der Waals surface area contributed by atoms with Crippen LogP contribution in [-0.4, -0.2) is 18.4 Å². The molecule has 3 rings (SSSR count). The first-order valence-electron chi connectivity index (χ1n) is 7.83. The fourth-order valence-corrected chi connectivity index (χ4v) is 2.99. The molecular formula is C17H22N2O2. The summed E-state index contributed by atoms with van der Waals surface area (Å²) in [6.07, 6.45) is 4.76. The van der Waals surface area contributed by atoms with E-state index in [0.29, 0.717) is 18.9 Å². The molecule has 1 fully saturated rings. The molecule has 21 heavy (non-hydrogen) atoms. The van der Waals surface area contributed by atoms with Gasteiger partial charge in [0.15, 0.2) is 0 Å². The Morgan fingerprint density at radius 1 is 1.24 bits per heavy atom. The van der Waals surface area contributed by atoms with Crippen molar-refractivity contribution in [1.29, 1.82) is 0 Å². The van der Waals surface area contributed by atoms with Gasteiger partial charge in [-0.15, -0.1) is 0 Å². The Hall–Kier alpha value is -1.84. The molecule has 0 heterocycles. The molecule has 0 aromatic heterocycles. The maximum atomic E-state index is 11.9. The second kappa shape index (κ2) is 5.88. The van der Waals surface area contributed by atoms with Gasteiger partial charge in [0, 0.05) is 24.6 Å². The maximum absolute atomic E-state index is 11.9. The predicted octanol–water partition coefficient (Wildman–Crippen LogP) is 2.28. The van der Waals surface area contributed by atoms with E-state index in [-0.39, 0.29) is 17.7 Å². The average Bonchev–Trinajstić information content (AvgIpc) is 3.00. The van der Waals surface area contributed by atoms with E-state index in [0.717, 1.165) is 24.9 Å². The standard InChI is InChI=1S/C17H22N2O2/c1-11-9-15(11)17(21)18-8-7-16(20)19-14-6-5-12-3-2-4-13(12)10-14/h5-6,10-11,15H,2-4,7-9H2,1H3,(H,18,21)(H,19,20). The third-order valence-electron chi connectivity index (χ3n) is 4.48. The van der Waals surface area contributed by atoms with Gasteiger partial charge in [0.2, 0.25) is 11.8 Å². The average molecular weight is 286 g/mol. The van der Waals surface area contributed by atoms with Crippen LogP contribution >= 0.6 is 0 Å². The lowest BCUT2D eigenvalue weighted by molar-refractivity contribution is -0.122. The van der Waals surface area contributed by atoms with E-state index in [1.165, 1.54) is 17.5 Å². The minimum atomic E-state index is -0.0444. The van der Waals surface area contributed by atoms with Crippen LogP contribution in [0.4, 0.5) is 5.69 Å². The third kappa shape index (κ3) is 3.43. The molecule has 4 nitrogen and oxygen atoms in total. The van der Waals surface area contributed by atoms with Crippen molar-refractivity contribution in [3.63, 3.8) is 0 Å². The van der Waals surface area contributed by atoms with Gasteiger partial charge < -0.3 is 10.6 Å². The molecule has 1 aromatic rings. The van der Waals surface area contributed by atoms with Crippen molar-refractivity contribution in [3.05, 3.63) is 29.3 Å². The van der Waals surface area contributed by atoms with Gasteiger partial charge in [-0.3, -0.25) is 9.59 Å². The van der Waals surface area contributed by atoms with Crippen LogP contribution < -0.4 is 10.6 Å². The van der Waals surface area contributed by atoms with E-state index in [4.69, 9.17) is 0 Å². The lowest BCUT2D eigenvalue weighted by Gasteiger charge is -2.08. The van der Waals surface area contributed by atoms with E-state index < -0.39 is 0 Å². The summed E-state index contributed by atoms with van der Waals surface area (Å²) < 4.78 is 0. The van der Waals surface area contributed by atoms with Crippen LogP contribution in [0.15, 0.2) is 18.2 Å². The molecule has 2 aliphatic rings. The SMILES string of the molecule is CC1CC1C(=O)NCCC(=O)Nc1ccc2c(c1)CCC2. The summed E-state index contributed by atoms with van der Waals surface area (Å²) in [4.78, 5) is 23.5. The van der Waals surface area contributed by atoms with Crippen molar-refractivity contribution >= 4 is 17.5 Å². The molecule has 2 unspecified atom stereocenters. The number of aryl methyl sites for hydroxylation is 2. The number of carbonyl (C=O) groups excluding carboxylic acids is 2. The van der Waals surface area contributed by atoms with Gasteiger partial charge in [0.05, 0.1) is 0 Å². The number of fused-ring (bicyclic) bond motifs is 1. The highest BCUT2D eigenvalue weighted by molar-refractivity contribution is 5.91. The van der Waals surface area contributed by atoms with Crippen molar-refractivity contribution in [3.8, 4) is 0 Å². The van der Waals surface area contributed by atoms with Crippen LogP contribution in [0, 0.1) is 11.8 Å². The van der Waals surface area contributed by atoms with E-state index in [9.17, 15) is 9.59 Å². The molecule has 112 valence electrons. The second-order valence-corrected chi connectivity index (χ2v) is 6.25. The van der Waals surface area contributed by atoms with Crippen LogP contribution in [-0.2, 0) is 22.4 Å². The topological polar surface area (TPSA) is 58.2 Å². The van der Waals surface area contributed by atoms with Crippen LogP contribution in [0.25, 0.3) is 0 Å². The molecule has 2 amide bonds. The molecule has 0 saturated heterocycles. The molecule has 0 aliphatic heterocycles. The van der Waals surface area contributed by atoms with Gasteiger partial charge in [0.1, 0.15) is 0 Å². The molecular weight excluding hydrogens is 264 g/mol. The van der Waals surface area contributed by atoms with Gasteiger partial charge in [-0.1, -0.05) is 13.0 Å². The number of benzene rings is 1. The second-order valence-electron chi connectivity index (χ2n) is 6.25. The summed E-state index contributed by atoms with van der Waals surface area (Å²) in [6.45, 7) is 2.49. The Morgan fingerprint density at radius 2 is 2.00 bits per heavy atom. The summed E-state index contributed by atoms with van der Waals surface area (Å²) in [5, 5.41) is 5.74. The van der Waals surface area contributed by atoms with Crippen LogP contribution in [0.5, 0.6) is 0 Å². The summed E-state index contributed by atoms with van der Waals surface area (Å²) in [5.41, 5.74) is 3.62. The molecule has 0 bridgehead atoms. The fraction of sp³-hybridized carbons (Fsp3) is 0.529. The minimum Gasteiger partial charge on any atom is -0.355 e. The summed E-state index contributed by atoms with van der Waals surface area (Å²) in [6, 6.07) is 6.14. The highest BCUT2D eigenvalue weighted by Gasteiger charge is 2.38. The Morgan fingerprint density at radius 3 is 2.76 bits per heavy atom. The van der Waals surface area contributed by atoms with E-state index >= 15 is 0 Å². The van der Waals surface area contributed by atoms with Crippen molar-refractivity contribution in [2.75, 3.05) is 11.9 Å². The molecule has 2 N–H and O–H groups in total. The van der Waals surface area contributed by atoms with Gasteiger partial charge in [-0.25, -0.2) is 0 Å². The first kappa shape index (κ1) is 14.1. The van der Waals surface area contributed by atoms with Crippen LogP contribution in [0.1, 0.15) is 37.3 Å². The smallest absolute Gasteiger partial charge is 0.226 e. The number of hydrogen-bond donors (Lipinski definition) is 2. The molecule has 0 spiro atoms. The van der Waals surface area contributed by atoms with Crippen molar-refractivity contribution < 1.29 is 9.59 Å². The Bertz CT molecular complexity index is 568. The van der Waals surface area contributed by atoms with Crippen molar-refractivity contribution in [1.82, 2.24) is 5.32 Å². The zero-order valence-corrected chi connectivity index (χ0v) is 12.4. The molecule has 1 aromatic carbocycles. The quantitative estimate of drug-likeness (QED) is 0.872. The Kier molecular flexibility index (Phi) is 3.95. The highest BCUT2D eigenvalue weighted by atomic mass is 16.2. The van der Waals surface area contributed by atoms with Crippen LogP contribution in [0.2, 0.25) is 0 Å². The maximum Gasteiger partial charge on any atom is 0.226 e. The molecule has 4 heteroatoms. The summed E-state index contributed by atoms with van der Waals surface area (Å²) in [7, 11) is 0. The lowest BCUT2D eigenvalue weighted by atomic mass is 10.1. The normalized spacial score (nSPS) is 22.5. The number of carbonyl (C=O) groups is 2. The largest absolute Gasteiger partial charge is 0.355 e. The number of hydrogen-bond acceptors (Lipinski definition) is 2. The molecule has 1 saturated carbocycles. The number of nitrogens with one attached hydrogen (secondary N) is 2. The predicted molar refractivity (Wildman–Crippen MR) is 82.0 cm³/mol. The molecule has 2 aliphatic carbocycles. The van der Waals surface area contributed by atoms with E-state index in [2.05, 4.69) is 29.7 Å². The number of anilines is 1. The zero-order chi connectivity index (χ0) is 14.8. The molecule has 2 atom stereocenters. The first-order chi connectivity index (χ1) is 10.1. The van der Waals surface area contributed by atoms with Gasteiger partial charge >= 0.3 is 0 Å². The third-order valence-corrected chi connectivity index (χ3v) is 4.48. The number of amides is 2. The number of rotatable bonds is 5. The van der Waals surface area contributed by atoms with E-state index in [1.54, 1.807) is 0 Å². The molecule has 0 radical (unpaired) electrons. The van der Waals surface area contributed by atoms with Gasteiger partial charge in [-0.05, 0) is 54.9 Å². The monoisotopic (exact) mass is 286 g/mol.